The van der Waals surface area contributed by atoms with Gasteiger partial charge in [0.1, 0.15) is 0 Å². The maximum Gasteiger partial charge on any atom is 2.00 e. The Morgan fingerprint density at radius 1 is 0.464 bits per heavy atom. The van der Waals surface area contributed by atoms with E-state index in [0.29, 0.717) is 0 Å². The molecular formula is C24H26Fe2O2+4. The smallest absolute Gasteiger partial charge is 0.390 e. The van der Waals surface area contributed by atoms with Crippen molar-refractivity contribution in [3.8, 4) is 0 Å². The van der Waals surface area contributed by atoms with Crippen LogP contribution in [0, 0.1) is 126 Å². The summed E-state index contributed by atoms with van der Waals surface area (Å²) in [5, 5.41) is 20.2. The van der Waals surface area contributed by atoms with Gasteiger partial charge in [0.25, 0.3) is 0 Å². The maximum atomic E-state index is 10.1. The van der Waals surface area contributed by atoms with Gasteiger partial charge in [0.05, 0.1) is 12.2 Å². The molecule has 0 aliphatic heterocycles. The summed E-state index contributed by atoms with van der Waals surface area (Å²) in [6.45, 7) is 3.87. The van der Waals surface area contributed by atoms with Crippen molar-refractivity contribution in [1.82, 2.24) is 0 Å². The fraction of sp³-hybridized carbons (Fsp3) is 0.167. The summed E-state index contributed by atoms with van der Waals surface area (Å²) >= 11 is 0. The van der Waals surface area contributed by atoms with E-state index in [-0.39, 0.29) is 34.1 Å². The molecule has 0 spiro atoms. The number of rotatable bonds is 3. The third kappa shape index (κ3) is 9.84. The second-order valence-corrected chi connectivity index (χ2v) is 6.14. The first-order valence-corrected chi connectivity index (χ1v) is 8.75. The number of aliphatic hydroxyl groups excluding tert-OH is 2. The third-order valence-corrected chi connectivity index (χ3v) is 4.20. The summed E-state index contributed by atoms with van der Waals surface area (Å²) < 4.78 is 0. The van der Waals surface area contributed by atoms with Crippen LogP contribution in [0.4, 0.5) is 0 Å². The predicted octanol–water partition coefficient (Wildman–Crippen LogP) is 3.34. The Morgan fingerprint density at radius 2 is 0.714 bits per heavy atom. The summed E-state index contributed by atoms with van der Waals surface area (Å²) in [7, 11) is 0. The quantitative estimate of drug-likeness (QED) is 0.638. The number of hydrogen-bond donors (Lipinski definition) is 2. The minimum Gasteiger partial charge on any atom is -0.390 e. The van der Waals surface area contributed by atoms with Crippen LogP contribution in [0.1, 0.15) is 13.8 Å². The van der Waals surface area contributed by atoms with Crippen LogP contribution in [0.2, 0.25) is 0 Å². The first-order valence-electron chi connectivity index (χ1n) is 8.75. The minimum atomic E-state index is -0.851. The van der Waals surface area contributed by atoms with Crippen molar-refractivity contribution in [2.24, 2.45) is 0 Å². The van der Waals surface area contributed by atoms with Crippen molar-refractivity contribution in [3.63, 3.8) is 0 Å². The molecule has 20 radical (unpaired) electrons. The van der Waals surface area contributed by atoms with Gasteiger partial charge in [-0.05, 0) is 115 Å². The molecule has 0 aromatic rings. The predicted molar refractivity (Wildman–Crippen MR) is 105 cm³/mol. The van der Waals surface area contributed by atoms with Gasteiger partial charge in [-0.1, -0.05) is 13.8 Å². The molecule has 0 aromatic heterocycles. The van der Waals surface area contributed by atoms with Gasteiger partial charge < -0.3 is 10.2 Å². The zero-order chi connectivity index (χ0) is 18.8. The zero-order valence-electron chi connectivity index (χ0n) is 16.0. The molecule has 0 saturated heterocycles. The fourth-order valence-corrected chi connectivity index (χ4v) is 2.69. The summed E-state index contributed by atoms with van der Waals surface area (Å²) in [5.74, 6) is 3.62. The van der Waals surface area contributed by atoms with Crippen LogP contribution in [-0.2, 0) is 34.1 Å². The molecule has 2 N–H and O–H groups in total. The van der Waals surface area contributed by atoms with E-state index in [1.807, 2.05) is 117 Å². The van der Waals surface area contributed by atoms with Crippen LogP contribution >= 0.6 is 0 Å². The Bertz CT molecular complexity index is 309. The van der Waals surface area contributed by atoms with Gasteiger partial charge in [0, 0.05) is 11.8 Å². The van der Waals surface area contributed by atoms with Crippen molar-refractivity contribution < 1.29 is 44.4 Å². The molecular weight excluding hydrogens is 432 g/mol. The topological polar surface area (TPSA) is 40.5 Å². The molecule has 4 heteroatoms. The zero-order valence-corrected chi connectivity index (χ0v) is 18.2. The van der Waals surface area contributed by atoms with Crippen LogP contribution in [0.3, 0.4) is 0 Å². The van der Waals surface area contributed by atoms with Gasteiger partial charge in [0.2, 0.25) is 0 Å². The normalized spacial score (nSPS) is 25.7. The van der Waals surface area contributed by atoms with Gasteiger partial charge in [-0.15, -0.1) is 0 Å². The number of hydrogen-bond acceptors (Lipinski definition) is 2. The molecule has 0 heterocycles. The first kappa shape index (κ1) is 29.0. The van der Waals surface area contributed by atoms with Crippen molar-refractivity contribution >= 4 is 0 Å². The molecule has 4 aliphatic carbocycles. The molecule has 146 valence electrons. The average molecular weight is 458 g/mol. The van der Waals surface area contributed by atoms with E-state index in [1.165, 1.54) is 0 Å². The van der Waals surface area contributed by atoms with Crippen molar-refractivity contribution in [2.45, 2.75) is 26.1 Å². The van der Waals surface area contributed by atoms with Gasteiger partial charge >= 0.3 is 34.1 Å². The molecule has 2 atom stereocenters. The molecule has 0 aromatic carbocycles. The summed E-state index contributed by atoms with van der Waals surface area (Å²) in [6.07, 6.45) is 29.6. The Morgan fingerprint density at radius 3 is 0.893 bits per heavy atom. The van der Waals surface area contributed by atoms with E-state index in [9.17, 15) is 10.2 Å². The molecule has 4 aliphatic rings. The Hall–Kier alpha value is 0.959. The second-order valence-electron chi connectivity index (χ2n) is 6.14. The first-order chi connectivity index (χ1) is 12.6. The van der Waals surface area contributed by atoms with E-state index in [0.717, 1.165) is 23.7 Å². The second kappa shape index (κ2) is 16.6. The monoisotopic (exact) mass is 458 g/mol. The van der Waals surface area contributed by atoms with Crippen molar-refractivity contribution in [2.75, 3.05) is 0 Å². The molecule has 0 amide bonds. The van der Waals surface area contributed by atoms with E-state index in [4.69, 9.17) is 0 Å². The van der Waals surface area contributed by atoms with Crippen molar-refractivity contribution in [3.05, 3.63) is 126 Å². The van der Waals surface area contributed by atoms with Gasteiger partial charge in [-0.3, -0.25) is 0 Å². The van der Waals surface area contributed by atoms with Crippen molar-refractivity contribution in [1.29, 1.82) is 0 Å². The maximum absolute atomic E-state index is 10.1. The van der Waals surface area contributed by atoms with Gasteiger partial charge in [0.15, 0.2) is 0 Å². The number of aliphatic hydroxyl groups is 2. The van der Waals surface area contributed by atoms with Gasteiger partial charge in [-0.25, -0.2) is 0 Å². The largest absolute Gasteiger partial charge is 2.00 e. The summed E-state index contributed by atoms with van der Waals surface area (Å²) in [4.78, 5) is 0. The molecule has 28 heavy (non-hydrogen) atoms. The molecule has 4 fully saturated rings. The summed E-state index contributed by atoms with van der Waals surface area (Å²) in [5.41, 5.74) is 0. The Balaban J connectivity index is 0.000000500. The molecule has 0 bridgehead atoms. The molecule has 4 rings (SSSR count). The third-order valence-electron chi connectivity index (χ3n) is 4.20. The van der Waals surface area contributed by atoms with Crippen LogP contribution in [0.5, 0.6) is 0 Å². The van der Waals surface area contributed by atoms with E-state index >= 15 is 0 Å². The van der Waals surface area contributed by atoms with Crippen LogP contribution in [0.15, 0.2) is 0 Å². The summed E-state index contributed by atoms with van der Waals surface area (Å²) in [6, 6.07) is 0. The molecule has 4 saturated carbocycles. The van der Waals surface area contributed by atoms with E-state index in [1.54, 1.807) is 0 Å². The molecule has 2 nitrogen and oxygen atoms in total. The van der Waals surface area contributed by atoms with Crippen LogP contribution in [-0.4, -0.2) is 22.4 Å². The van der Waals surface area contributed by atoms with Gasteiger partial charge in [-0.2, -0.15) is 0 Å². The van der Waals surface area contributed by atoms with Crippen LogP contribution in [0.25, 0.3) is 0 Å². The SMILES string of the molecule is C[C]1[CH][CH][CH][C]1[C@@H](O)[C@H](O)[C]1[CH][CH][CH][C]1C.[CH]1[CH][CH][CH][CH]1.[CH]1[CH][CH][CH][CH]1.[Fe+2].[Fe+2]. The van der Waals surface area contributed by atoms with Crippen LogP contribution < -0.4 is 0 Å². The standard InChI is InChI=1S/C14H16O2.2C5H5.2Fe/c1-9-5-3-7-11(9)13(15)14(16)12-8-4-6-10(12)2;2*1-2-4-5-3-1;;/h3-8,13-16H,1-2H3;2*1-5H;;/q;;;2*+2/t13-,14-;;;;/m1..../s1. The van der Waals surface area contributed by atoms with E-state index in [2.05, 4.69) is 0 Å². The Labute approximate surface area is 196 Å². The average Bonchev–Trinajstić information content (AvgIpc) is 3.43. The van der Waals surface area contributed by atoms with E-state index < -0.39 is 12.2 Å². The Kier molecular flexibility index (Phi) is 17.2. The minimum absolute atomic E-state index is 0. The molecule has 0 unspecified atom stereocenters. The fourth-order valence-electron chi connectivity index (χ4n) is 2.69.